The summed E-state index contributed by atoms with van der Waals surface area (Å²) in [6, 6.07) is 5.85. The van der Waals surface area contributed by atoms with Crippen molar-refractivity contribution >= 4 is 15.9 Å². The maximum atomic E-state index is 6.29. The number of benzene rings is 1. The Morgan fingerprint density at radius 2 is 2.21 bits per heavy atom. The molecule has 0 aliphatic rings. The normalized spacial score (nSPS) is 12.5. The second-order valence-electron chi connectivity index (χ2n) is 4.58. The Labute approximate surface area is 121 Å². The topological polar surface area (TPSA) is 53.1 Å². The third kappa shape index (κ3) is 2.98. The van der Waals surface area contributed by atoms with E-state index in [1.807, 2.05) is 43.0 Å². The molecule has 0 radical (unpaired) electrons. The maximum absolute atomic E-state index is 6.29. The molecule has 2 N–H and O–H groups in total. The van der Waals surface area contributed by atoms with Gasteiger partial charge in [-0.2, -0.15) is 5.10 Å². The van der Waals surface area contributed by atoms with Gasteiger partial charge in [0.1, 0.15) is 5.75 Å². The van der Waals surface area contributed by atoms with E-state index in [4.69, 9.17) is 10.5 Å². The van der Waals surface area contributed by atoms with Crippen LogP contribution in [0.5, 0.6) is 5.75 Å². The van der Waals surface area contributed by atoms with Gasteiger partial charge in [-0.1, -0.05) is 15.9 Å². The van der Waals surface area contributed by atoms with Crippen LogP contribution < -0.4 is 10.5 Å². The van der Waals surface area contributed by atoms with E-state index in [0.29, 0.717) is 0 Å². The second-order valence-corrected chi connectivity index (χ2v) is 5.43. The van der Waals surface area contributed by atoms with Gasteiger partial charge in [0.25, 0.3) is 0 Å². The zero-order valence-corrected chi connectivity index (χ0v) is 12.9. The number of hydrogen-bond acceptors (Lipinski definition) is 3. The highest BCUT2D eigenvalue weighted by atomic mass is 79.9. The van der Waals surface area contributed by atoms with Gasteiger partial charge < -0.3 is 10.5 Å². The fraction of sp³-hybridized carbons (Fsp3) is 0.357. The van der Waals surface area contributed by atoms with Crippen molar-refractivity contribution in [2.45, 2.75) is 19.4 Å². The molecule has 0 aliphatic heterocycles. The largest absolute Gasteiger partial charge is 0.497 e. The molecule has 0 spiro atoms. The van der Waals surface area contributed by atoms with Crippen molar-refractivity contribution in [1.82, 2.24) is 9.78 Å². The van der Waals surface area contributed by atoms with Crippen LogP contribution in [-0.2, 0) is 13.5 Å². The lowest BCUT2D eigenvalue weighted by Gasteiger charge is -2.13. The lowest BCUT2D eigenvalue weighted by atomic mass is 10.0. The number of aromatic nitrogens is 2. The van der Waals surface area contributed by atoms with Crippen molar-refractivity contribution in [3.8, 4) is 5.75 Å². The number of ether oxygens (including phenoxy) is 1. The Bertz CT molecular complexity index is 580. The molecule has 1 atom stereocenters. The molecule has 1 aromatic heterocycles. The summed E-state index contributed by atoms with van der Waals surface area (Å²) in [5.74, 6) is 0.841. The summed E-state index contributed by atoms with van der Waals surface area (Å²) in [5.41, 5.74) is 9.60. The Morgan fingerprint density at radius 1 is 1.47 bits per heavy atom. The SMILES string of the molecule is COc1ccc(Br)c(CC(N)c2cnn(C)c2C)c1. The van der Waals surface area contributed by atoms with Crippen molar-refractivity contribution in [2.75, 3.05) is 7.11 Å². The number of aryl methyl sites for hydroxylation is 1. The third-order valence-electron chi connectivity index (χ3n) is 3.37. The van der Waals surface area contributed by atoms with Crippen LogP contribution in [-0.4, -0.2) is 16.9 Å². The quantitative estimate of drug-likeness (QED) is 0.941. The van der Waals surface area contributed by atoms with Crippen LogP contribution in [0.1, 0.15) is 22.9 Å². The van der Waals surface area contributed by atoms with Gasteiger partial charge in [0.15, 0.2) is 0 Å². The minimum absolute atomic E-state index is 0.0721. The number of rotatable bonds is 4. The average Bonchev–Trinajstić information content (AvgIpc) is 2.73. The van der Waals surface area contributed by atoms with E-state index >= 15 is 0 Å². The van der Waals surface area contributed by atoms with E-state index in [0.717, 1.165) is 33.5 Å². The summed E-state index contributed by atoms with van der Waals surface area (Å²) in [6.07, 6.45) is 2.58. The van der Waals surface area contributed by atoms with Crippen molar-refractivity contribution in [3.63, 3.8) is 0 Å². The summed E-state index contributed by atoms with van der Waals surface area (Å²) < 4.78 is 8.14. The molecule has 1 unspecified atom stereocenters. The van der Waals surface area contributed by atoms with Crippen molar-refractivity contribution in [3.05, 3.63) is 45.7 Å². The Hall–Kier alpha value is -1.33. The number of hydrogen-bond donors (Lipinski definition) is 1. The molecule has 0 bridgehead atoms. The van der Waals surface area contributed by atoms with Crippen LogP contribution >= 0.6 is 15.9 Å². The molecule has 2 rings (SSSR count). The molecule has 102 valence electrons. The van der Waals surface area contributed by atoms with Crippen molar-refractivity contribution in [1.29, 1.82) is 0 Å². The molecule has 0 saturated heterocycles. The molecule has 2 aromatic rings. The average molecular weight is 324 g/mol. The molecule has 0 amide bonds. The predicted molar refractivity (Wildman–Crippen MR) is 79.3 cm³/mol. The highest BCUT2D eigenvalue weighted by Crippen LogP contribution is 2.27. The molecule has 1 aromatic carbocycles. The van der Waals surface area contributed by atoms with Crippen LogP contribution in [0, 0.1) is 6.92 Å². The van der Waals surface area contributed by atoms with Gasteiger partial charge in [-0.3, -0.25) is 4.68 Å². The fourth-order valence-corrected chi connectivity index (χ4v) is 2.47. The van der Waals surface area contributed by atoms with Crippen LogP contribution in [0.4, 0.5) is 0 Å². The summed E-state index contributed by atoms with van der Waals surface area (Å²) in [7, 11) is 3.59. The molecule has 4 nitrogen and oxygen atoms in total. The zero-order chi connectivity index (χ0) is 14.0. The van der Waals surface area contributed by atoms with Gasteiger partial charge in [0.05, 0.1) is 13.3 Å². The summed E-state index contributed by atoms with van der Waals surface area (Å²) >= 11 is 3.55. The second kappa shape index (κ2) is 5.75. The number of methoxy groups -OCH3 is 1. The smallest absolute Gasteiger partial charge is 0.119 e. The Kier molecular flexibility index (Phi) is 4.27. The highest BCUT2D eigenvalue weighted by molar-refractivity contribution is 9.10. The maximum Gasteiger partial charge on any atom is 0.119 e. The highest BCUT2D eigenvalue weighted by Gasteiger charge is 2.15. The first-order valence-corrected chi connectivity index (χ1v) is 6.88. The first kappa shape index (κ1) is 14.1. The van der Waals surface area contributed by atoms with Gasteiger partial charge >= 0.3 is 0 Å². The van der Waals surface area contributed by atoms with Crippen molar-refractivity contribution in [2.24, 2.45) is 12.8 Å². The molecule has 0 saturated carbocycles. The molecule has 0 fully saturated rings. The molecule has 1 heterocycles. The van der Waals surface area contributed by atoms with Crippen LogP contribution in [0.25, 0.3) is 0 Å². The standard InChI is InChI=1S/C14H18BrN3O/c1-9-12(8-17-18(9)2)14(16)7-10-6-11(19-3)4-5-13(10)15/h4-6,8,14H,7,16H2,1-3H3. The van der Waals surface area contributed by atoms with Crippen LogP contribution in [0.3, 0.4) is 0 Å². The third-order valence-corrected chi connectivity index (χ3v) is 4.14. The van der Waals surface area contributed by atoms with Gasteiger partial charge in [-0.15, -0.1) is 0 Å². The Morgan fingerprint density at radius 3 is 2.79 bits per heavy atom. The van der Waals surface area contributed by atoms with E-state index in [9.17, 15) is 0 Å². The lowest BCUT2D eigenvalue weighted by molar-refractivity contribution is 0.414. The van der Waals surface area contributed by atoms with E-state index in [-0.39, 0.29) is 6.04 Å². The molecule has 5 heteroatoms. The van der Waals surface area contributed by atoms with Gasteiger partial charge in [-0.05, 0) is 37.1 Å². The Balaban J connectivity index is 2.23. The van der Waals surface area contributed by atoms with Crippen molar-refractivity contribution < 1.29 is 4.74 Å². The van der Waals surface area contributed by atoms with E-state index in [2.05, 4.69) is 21.0 Å². The van der Waals surface area contributed by atoms with Gasteiger partial charge in [0.2, 0.25) is 0 Å². The first-order chi connectivity index (χ1) is 9.02. The fourth-order valence-electron chi connectivity index (χ4n) is 2.06. The van der Waals surface area contributed by atoms with E-state index < -0.39 is 0 Å². The van der Waals surface area contributed by atoms with Crippen LogP contribution in [0.15, 0.2) is 28.9 Å². The lowest BCUT2D eigenvalue weighted by Crippen LogP contribution is -2.14. The number of nitrogens with two attached hydrogens (primary N) is 1. The predicted octanol–water partition coefficient (Wildman–Crippen LogP) is 2.74. The number of nitrogens with zero attached hydrogens (tertiary/aromatic N) is 2. The monoisotopic (exact) mass is 323 g/mol. The summed E-state index contributed by atoms with van der Waals surface area (Å²) in [4.78, 5) is 0. The molecule has 0 aliphatic carbocycles. The van der Waals surface area contributed by atoms with E-state index in [1.54, 1.807) is 7.11 Å². The summed E-state index contributed by atoms with van der Waals surface area (Å²) in [5, 5.41) is 4.24. The van der Waals surface area contributed by atoms with E-state index in [1.165, 1.54) is 0 Å². The molecule has 19 heavy (non-hydrogen) atoms. The molecular weight excluding hydrogens is 306 g/mol. The first-order valence-electron chi connectivity index (χ1n) is 6.09. The minimum atomic E-state index is -0.0721. The minimum Gasteiger partial charge on any atom is -0.497 e. The molecular formula is C14H18BrN3O. The zero-order valence-electron chi connectivity index (χ0n) is 11.4. The van der Waals surface area contributed by atoms with Gasteiger partial charge in [0, 0.05) is 28.8 Å². The number of halogens is 1. The summed E-state index contributed by atoms with van der Waals surface area (Å²) in [6.45, 7) is 2.03. The van der Waals surface area contributed by atoms with Gasteiger partial charge in [-0.25, -0.2) is 0 Å². The van der Waals surface area contributed by atoms with Crippen LogP contribution in [0.2, 0.25) is 0 Å².